The van der Waals surface area contributed by atoms with Gasteiger partial charge in [-0.1, -0.05) is 42.3 Å². The zero-order valence-corrected chi connectivity index (χ0v) is 30.5. The SMILES string of the molecule is CCc1c(Cl)cccc1C1Cc2nc(OC)nc(N3CCCn4nc(C(=O)N5CCSCC5)c(Cl)c4C3)c2CO1.FC1CC2CCCN2C1. The summed E-state index contributed by atoms with van der Waals surface area (Å²) < 4.78 is 26.4. The lowest BCUT2D eigenvalue weighted by molar-refractivity contribution is 0.0252. The number of halogens is 3. The van der Waals surface area contributed by atoms with Crippen molar-refractivity contribution in [2.75, 3.05) is 56.2 Å². The largest absolute Gasteiger partial charge is 0.467 e. The van der Waals surface area contributed by atoms with Crippen LogP contribution in [0.1, 0.15) is 77.3 Å². The first kappa shape index (κ1) is 34.8. The summed E-state index contributed by atoms with van der Waals surface area (Å²) in [5, 5.41) is 5.85. The standard InChI is InChI=1S/C28H32Cl2N6O3S.C7H12FN/c1-3-17-18(6-4-7-20(17)29)23-14-21-19(16-39-23)26(32-28(31-21)38-2)35-8-5-9-36-22(15-35)24(30)25(33-36)27(37)34-10-12-40-13-11-34;8-6-4-7-2-1-3-9(7)5-6/h4,6-7,23H,3,5,8-16H2,1-2H3;6-7H,1-5H2. The first-order chi connectivity index (χ1) is 23.8. The minimum absolute atomic E-state index is 0.0922. The van der Waals surface area contributed by atoms with Crippen LogP contribution in [-0.4, -0.2) is 99.0 Å². The Morgan fingerprint density at radius 1 is 1.12 bits per heavy atom. The van der Waals surface area contributed by atoms with Crippen molar-refractivity contribution in [2.24, 2.45) is 0 Å². The van der Waals surface area contributed by atoms with Crippen LogP contribution in [0.25, 0.3) is 0 Å². The number of aryl methyl sites for hydroxylation is 1. The molecule has 3 saturated heterocycles. The molecule has 1 amide bonds. The number of hydrogen-bond donors (Lipinski definition) is 0. The Bertz CT molecular complexity index is 1660. The molecule has 0 aliphatic carbocycles. The molecule has 1 aromatic carbocycles. The van der Waals surface area contributed by atoms with Crippen LogP contribution in [0.15, 0.2) is 18.2 Å². The number of carbonyl (C=O) groups excluding carboxylic acids is 1. The van der Waals surface area contributed by atoms with Gasteiger partial charge in [0.25, 0.3) is 5.91 Å². The first-order valence-corrected chi connectivity index (χ1v) is 19.3. The highest BCUT2D eigenvalue weighted by Crippen LogP contribution is 2.39. The number of benzene rings is 1. The van der Waals surface area contributed by atoms with Crippen LogP contribution in [0.5, 0.6) is 6.01 Å². The summed E-state index contributed by atoms with van der Waals surface area (Å²) in [6.07, 6.45) is 4.90. The number of carbonyl (C=O) groups is 1. The summed E-state index contributed by atoms with van der Waals surface area (Å²) in [6, 6.07) is 6.90. The topological polar surface area (TPSA) is 88.9 Å². The molecule has 5 aliphatic rings. The Morgan fingerprint density at radius 3 is 2.73 bits per heavy atom. The average Bonchev–Trinajstić information content (AvgIpc) is 3.75. The van der Waals surface area contributed by atoms with Gasteiger partial charge in [0.1, 0.15) is 12.0 Å². The van der Waals surface area contributed by atoms with Gasteiger partial charge in [0.2, 0.25) is 0 Å². The highest BCUT2D eigenvalue weighted by Gasteiger charge is 2.35. The van der Waals surface area contributed by atoms with Gasteiger partial charge in [-0.25, -0.2) is 4.39 Å². The van der Waals surface area contributed by atoms with Crippen LogP contribution >= 0.6 is 35.0 Å². The van der Waals surface area contributed by atoms with Crippen molar-refractivity contribution >= 4 is 46.7 Å². The molecule has 0 saturated carbocycles. The molecule has 0 N–H and O–H groups in total. The van der Waals surface area contributed by atoms with Gasteiger partial charge in [0.05, 0.1) is 42.8 Å². The Balaban J connectivity index is 0.000000361. The molecule has 3 unspecified atom stereocenters. The number of thioether (sulfide) groups is 1. The second-order valence-corrected chi connectivity index (χ2v) is 15.3. The molecule has 5 aliphatic heterocycles. The number of ether oxygens (including phenoxy) is 2. The highest BCUT2D eigenvalue weighted by atomic mass is 35.5. The summed E-state index contributed by atoms with van der Waals surface area (Å²) in [7, 11) is 1.58. The van der Waals surface area contributed by atoms with Gasteiger partial charge in [-0.2, -0.15) is 26.8 Å². The third-order valence-electron chi connectivity index (χ3n) is 10.3. The number of methoxy groups -OCH3 is 1. The van der Waals surface area contributed by atoms with E-state index in [1.165, 1.54) is 12.8 Å². The number of alkyl halides is 1. The predicted octanol–water partition coefficient (Wildman–Crippen LogP) is 6.16. The number of rotatable bonds is 5. The van der Waals surface area contributed by atoms with Gasteiger partial charge >= 0.3 is 6.01 Å². The Kier molecular flexibility index (Phi) is 10.9. The molecule has 8 rings (SSSR count). The van der Waals surface area contributed by atoms with Gasteiger partial charge in [0, 0.05) is 67.3 Å². The number of hydrogen-bond acceptors (Lipinski definition) is 9. The summed E-state index contributed by atoms with van der Waals surface area (Å²) >= 11 is 15.2. The van der Waals surface area contributed by atoms with Gasteiger partial charge in [-0.3, -0.25) is 14.4 Å². The third kappa shape index (κ3) is 7.26. The van der Waals surface area contributed by atoms with E-state index in [1.54, 1.807) is 7.11 Å². The maximum Gasteiger partial charge on any atom is 0.318 e. The van der Waals surface area contributed by atoms with E-state index >= 15 is 0 Å². The van der Waals surface area contributed by atoms with Crippen molar-refractivity contribution in [1.82, 2.24) is 29.5 Å². The van der Waals surface area contributed by atoms with Gasteiger partial charge in [-0.05, 0) is 55.8 Å². The zero-order valence-electron chi connectivity index (χ0n) is 28.2. The van der Waals surface area contributed by atoms with Crippen LogP contribution in [0.3, 0.4) is 0 Å². The molecule has 3 aromatic rings. The van der Waals surface area contributed by atoms with Crippen molar-refractivity contribution in [2.45, 2.75) is 83.5 Å². The molecule has 49 heavy (non-hydrogen) atoms. The molecule has 264 valence electrons. The van der Waals surface area contributed by atoms with Crippen molar-refractivity contribution < 1.29 is 18.7 Å². The van der Waals surface area contributed by atoms with E-state index in [-0.39, 0.29) is 12.0 Å². The first-order valence-electron chi connectivity index (χ1n) is 17.4. The molecule has 3 atom stereocenters. The Labute approximate surface area is 301 Å². The number of anilines is 1. The quantitative estimate of drug-likeness (QED) is 0.306. The van der Waals surface area contributed by atoms with Crippen LogP contribution in [0.4, 0.5) is 10.2 Å². The fourth-order valence-corrected chi connectivity index (χ4v) is 9.27. The molecule has 0 radical (unpaired) electrons. The summed E-state index contributed by atoms with van der Waals surface area (Å²) in [6.45, 7) is 7.66. The van der Waals surface area contributed by atoms with Crippen LogP contribution in [0, 0.1) is 0 Å². The van der Waals surface area contributed by atoms with E-state index in [9.17, 15) is 9.18 Å². The molecular formula is C35H44Cl2FN7O3S. The van der Waals surface area contributed by atoms with Crippen molar-refractivity contribution in [3.8, 4) is 6.01 Å². The Hall–Kier alpha value is -2.64. The van der Waals surface area contributed by atoms with Crippen LogP contribution < -0.4 is 9.64 Å². The van der Waals surface area contributed by atoms with E-state index < -0.39 is 6.17 Å². The summed E-state index contributed by atoms with van der Waals surface area (Å²) in [5.74, 6) is 2.55. The summed E-state index contributed by atoms with van der Waals surface area (Å²) in [4.78, 5) is 29.1. The molecule has 3 fully saturated rings. The molecular weight excluding hydrogens is 688 g/mol. The van der Waals surface area contributed by atoms with Crippen molar-refractivity contribution in [1.29, 1.82) is 0 Å². The van der Waals surface area contributed by atoms with E-state index in [0.717, 1.165) is 95.9 Å². The smallest absolute Gasteiger partial charge is 0.318 e. The molecule has 0 bridgehead atoms. The predicted molar refractivity (Wildman–Crippen MR) is 191 cm³/mol. The van der Waals surface area contributed by atoms with Gasteiger partial charge in [-0.15, -0.1) is 0 Å². The van der Waals surface area contributed by atoms with Crippen LogP contribution in [-0.2, 0) is 37.3 Å². The van der Waals surface area contributed by atoms with Gasteiger partial charge in [0.15, 0.2) is 5.69 Å². The number of fused-ring (bicyclic) bond motifs is 3. The molecule has 14 heteroatoms. The lowest BCUT2D eigenvalue weighted by atomic mass is 9.94. The van der Waals surface area contributed by atoms with Gasteiger partial charge < -0.3 is 19.3 Å². The van der Waals surface area contributed by atoms with E-state index in [4.69, 9.17) is 42.6 Å². The number of nitrogens with zero attached hydrogens (tertiary/aromatic N) is 7. The van der Waals surface area contributed by atoms with E-state index in [1.807, 2.05) is 33.5 Å². The maximum atomic E-state index is 13.2. The van der Waals surface area contributed by atoms with E-state index in [0.29, 0.717) is 55.4 Å². The van der Waals surface area contributed by atoms with E-state index in [2.05, 4.69) is 27.9 Å². The molecule has 0 spiro atoms. The lowest BCUT2D eigenvalue weighted by Crippen LogP contribution is -2.38. The molecule has 7 heterocycles. The molecule has 2 aromatic heterocycles. The normalized spacial score (nSPS) is 23.7. The maximum absolute atomic E-state index is 13.2. The number of aromatic nitrogens is 4. The molecule has 10 nitrogen and oxygen atoms in total. The minimum Gasteiger partial charge on any atom is -0.467 e. The minimum atomic E-state index is -0.518. The summed E-state index contributed by atoms with van der Waals surface area (Å²) in [5.41, 5.74) is 5.21. The third-order valence-corrected chi connectivity index (χ3v) is 12.0. The number of amides is 1. The average molecular weight is 733 g/mol. The fraction of sp³-hybridized carbons (Fsp3) is 0.600. The second-order valence-electron chi connectivity index (χ2n) is 13.3. The zero-order chi connectivity index (χ0) is 34.1. The monoisotopic (exact) mass is 731 g/mol. The highest BCUT2D eigenvalue weighted by molar-refractivity contribution is 7.99. The Morgan fingerprint density at radius 2 is 1.96 bits per heavy atom. The van der Waals surface area contributed by atoms with Crippen LogP contribution in [0.2, 0.25) is 10.0 Å². The van der Waals surface area contributed by atoms with Crippen molar-refractivity contribution in [3.63, 3.8) is 0 Å². The van der Waals surface area contributed by atoms with Crippen molar-refractivity contribution in [3.05, 3.63) is 62.0 Å². The lowest BCUT2D eigenvalue weighted by Gasteiger charge is -2.31. The fourth-order valence-electron chi connectivity index (χ4n) is 7.78. The second kappa shape index (κ2) is 15.3.